The summed E-state index contributed by atoms with van der Waals surface area (Å²) >= 11 is 1.89. The Morgan fingerprint density at radius 2 is 1.19 bits per heavy atom. The van der Waals surface area contributed by atoms with Gasteiger partial charge in [0.1, 0.15) is 0 Å². The van der Waals surface area contributed by atoms with Crippen LogP contribution in [0.4, 0.5) is 0 Å². The van der Waals surface area contributed by atoms with Crippen LogP contribution in [-0.4, -0.2) is 16.2 Å². The maximum absolute atomic E-state index is 5.05. The van der Waals surface area contributed by atoms with E-state index in [2.05, 4.69) is 126 Å². The van der Waals surface area contributed by atoms with Crippen molar-refractivity contribution in [3.8, 4) is 5.69 Å². The van der Waals surface area contributed by atoms with Gasteiger partial charge < -0.3 is 14.9 Å². The summed E-state index contributed by atoms with van der Waals surface area (Å²) < 4.78 is 5.10. The number of hydrogen-bond donors (Lipinski definition) is 0. The number of hydrogen-bond acceptors (Lipinski definition) is 3. The van der Waals surface area contributed by atoms with Gasteiger partial charge in [0, 0.05) is 47.4 Å². The molecule has 0 N–H and O–H groups in total. The summed E-state index contributed by atoms with van der Waals surface area (Å²) in [6, 6.07) is 55.6. The van der Waals surface area contributed by atoms with E-state index in [4.69, 9.17) is 15.3 Å². The van der Waals surface area contributed by atoms with E-state index in [1.54, 1.807) is 0 Å². The second-order valence-corrected chi connectivity index (χ2v) is 13.2. The summed E-state index contributed by atoms with van der Waals surface area (Å²) in [5.41, 5.74) is 6.50. The smallest absolute Gasteiger partial charge is 0.0822 e. The summed E-state index contributed by atoms with van der Waals surface area (Å²) in [7, 11) is 0. The molecule has 0 fully saturated rings. The summed E-state index contributed by atoms with van der Waals surface area (Å²) in [6.45, 7) is 0. The van der Waals surface area contributed by atoms with Crippen molar-refractivity contribution >= 4 is 75.8 Å². The van der Waals surface area contributed by atoms with Gasteiger partial charge in [0.2, 0.25) is 0 Å². The number of para-hydroxylation sites is 1. The van der Waals surface area contributed by atoms with Gasteiger partial charge in [-0.1, -0.05) is 139 Å². The number of nitrogens with zero attached hydrogens (tertiary/aromatic N) is 4. The first-order valence-electron chi connectivity index (χ1n) is 16.2. The molecule has 1 unspecified atom stereocenters. The van der Waals surface area contributed by atoms with Crippen molar-refractivity contribution in [3.63, 3.8) is 0 Å². The zero-order valence-corrected chi connectivity index (χ0v) is 26.6. The van der Waals surface area contributed by atoms with E-state index in [0.29, 0.717) is 11.7 Å². The van der Waals surface area contributed by atoms with Gasteiger partial charge in [-0.15, -0.1) is 11.3 Å². The minimum Gasteiger partial charge on any atom is -0.438 e. The summed E-state index contributed by atoms with van der Waals surface area (Å²) in [6.07, 6.45) is -0.361. The Labute approximate surface area is 281 Å². The average molecular weight is 632 g/mol. The third kappa shape index (κ3) is 4.15. The van der Waals surface area contributed by atoms with Gasteiger partial charge >= 0.3 is 0 Å². The van der Waals surface area contributed by atoms with E-state index >= 15 is 0 Å². The van der Waals surface area contributed by atoms with E-state index in [-0.39, 0.29) is 6.17 Å². The van der Waals surface area contributed by atoms with Crippen LogP contribution in [0.2, 0.25) is 0 Å². The Hall–Kier alpha value is -6.04. The van der Waals surface area contributed by atoms with Crippen molar-refractivity contribution in [1.29, 1.82) is 0 Å². The Balaban J connectivity index is 1.19. The molecule has 4 nitrogen and oxygen atoms in total. The Bertz CT molecular complexity index is 2740. The second kappa shape index (κ2) is 10.8. The predicted octanol–water partition coefficient (Wildman–Crippen LogP) is 11.6. The SMILES string of the molecule is c1ccc(C2=NC(c3ccc(-n4c5ccccc5c5c6c7ccccc7sc6c6ccccc6c54)cc3)=NC(c3ccccc3)[N-]2)cc1. The molecule has 0 amide bonds. The number of amidine groups is 2. The van der Waals surface area contributed by atoms with Crippen LogP contribution in [0.3, 0.4) is 0 Å². The first kappa shape index (κ1) is 27.1. The highest BCUT2D eigenvalue weighted by Gasteiger charge is 2.21. The Morgan fingerprint density at radius 1 is 0.542 bits per heavy atom. The predicted molar refractivity (Wildman–Crippen MR) is 203 cm³/mol. The average Bonchev–Trinajstić information content (AvgIpc) is 3.72. The third-order valence-corrected chi connectivity index (χ3v) is 10.6. The topological polar surface area (TPSA) is 43.8 Å². The summed E-state index contributed by atoms with van der Waals surface area (Å²) in [5.74, 6) is 1.38. The largest absolute Gasteiger partial charge is 0.438 e. The second-order valence-electron chi connectivity index (χ2n) is 12.1. The number of rotatable bonds is 4. The van der Waals surface area contributed by atoms with Crippen LogP contribution in [0.25, 0.3) is 63.8 Å². The molecule has 0 saturated carbocycles. The lowest BCUT2D eigenvalue weighted by molar-refractivity contribution is 0.878. The van der Waals surface area contributed by atoms with E-state index in [1.807, 2.05) is 47.7 Å². The molecule has 5 heteroatoms. The maximum Gasteiger partial charge on any atom is 0.0822 e. The molecule has 0 aliphatic carbocycles. The maximum atomic E-state index is 5.05. The zero-order valence-electron chi connectivity index (χ0n) is 25.8. The highest BCUT2D eigenvalue weighted by molar-refractivity contribution is 7.27. The van der Waals surface area contributed by atoms with Crippen LogP contribution in [0.1, 0.15) is 22.9 Å². The van der Waals surface area contributed by atoms with Gasteiger partial charge in [-0.05, 0) is 41.0 Å². The fourth-order valence-corrected chi connectivity index (χ4v) is 8.45. The number of aromatic nitrogens is 1. The van der Waals surface area contributed by atoms with Crippen LogP contribution in [0, 0.1) is 0 Å². The molecule has 10 rings (SSSR count). The van der Waals surface area contributed by atoms with Gasteiger partial charge in [0.05, 0.1) is 23.0 Å². The fourth-order valence-electron chi connectivity index (χ4n) is 7.20. The third-order valence-electron chi connectivity index (χ3n) is 9.36. The molecule has 9 aromatic rings. The molecule has 2 aromatic heterocycles. The minimum absolute atomic E-state index is 0.361. The number of thiophene rings is 1. The molecule has 226 valence electrons. The number of benzene rings is 7. The lowest BCUT2D eigenvalue weighted by Gasteiger charge is -2.32. The van der Waals surface area contributed by atoms with E-state index < -0.39 is 0 Å². The number of fused-ring (bicyclic) bond motifs is 10. The molecular weight excluding hydrogens is 605 g/mol. The molecule has 1 aliphatic rings. The van der Waals surface area contributed by atoms with Crippen LogP contribution in [0.15, 0.2) is 168 Å². The molecule has 7 aromatic carbocycles. The van der Waals surface area contributed by atoms with Gasteiger partial charge in [-0.3, -0.25) is 4.99 Å². The van der Waals surface area contributed by atoms with Crippen molar-refractivity contribution in [3.05, 3.63) is 180 Å². The van der Waals surface area contributed by atoms with Crippen molar-refractivity contribution in [2.45, 2.75) is 6.17 Å². The molecule has 0 spiro atoms. The molecule has 1 aliphatic heterocycles. The molecule has 1 atom stereocenters. The van der Waals surface area contributed by atoms with Crippen LogP contribution in [0.5, 0.6) is 0 Å². The van der Waals surface area contributed by atoms with Crippen molar-refractivity contribution < 1.29 is 0 Å². The lowest BCUT2D eigenvalue weighted by Crippen LogP contribution is -2.15. The van der Waals surface area contributed by atoms with Gasteiger partial charge in [-0.25, -0.2) is 0 Å². The Morgan fingerprint density at radius 3 is 1.98 bits per heavy atom. The van der Waals surface area contributed by atoms with Gasteiger partial charge in [0.15, 0.2) is 0 Å². The molecular formula is C43H27N4S-. The van der Waals surface area contributed by atoms with Crippen LogP contribution in [-0.2, 0) is 0 Å². The van der Waals surface area contributed by atoms with Crippen molar-refractivity contribution in [2.75, 3.05) is 0 Å². The highest BCUT2D eigenvalue weighted by Crippen LogP contribution is 2.47. The monoisotopic (exact) mass is 631 g/mol. The van der Waals surface area contributed by atoms with E-state index in [0.717, 1.165) is 22.4 Å². The van der Waals surface area contributed by atoms with Crippen LogP contribution >= 0.6 is 11.3 Å². The normalized spacial score (nSPS) is 14.9. The fraction of sp³-hybridized carbons (Fsp3) is 0.0233. The zero-order chi connectivity index (χ0) is 31.6. The molecule has 0 saturated heterocycles. The van der Waals surface area contributed by atoms with Crippen LogP contribution < -0.4 is 0 Å². The molecule has 0 radical (unpaired) electrons. The van der Waals surface area contributed by atoms with Crippen molar-refractivity contribution in [1.82, 2.24) is 4.57 Å². The van der Waals surface area contributed by atoms with Crippen molar-refractivity contribution in [2.24, 2.45) is 9.98 Å². The van der Waals surface area contributed by atoms with E-state index in [1.165, 1.54) is 52.8 Å². The molecule has 3 heterocycles. The summed E-state index contributed by atoms with van der Waals surface area (Å²) in [5, 5.41) is 12.7. The first-order chi connectivity index (χ1) is 23.8. The summed E-state index contributed by atoms with van der Waals surface area (Å²) in [4.78, 5) is 10.0. The quantitative estimate of drug-likeness (QED) is 0.185. The molecule has 0 bridgehead atoms. The van der Waals surface area contributed by atoms with Gasteiger partial charge in [-0.2, -0.15) is 0 Å². The highest BCUT2D eigenvalue weighted by atomic mass is 32.1. The minimum atomic E-state index is -0.361. The Kier molecular flexibility index (Phi) is 6.08. The van der Waals surface area contributed by atoms with E-state index in [9.17, 15) is 0 Å². The first-order valence-corrected chi connectivity index (χ1v) is 17.0. The number of aliphatic imine (C=N–C) groups is 2. The van der Waals surface area contributed by atoms with Gasteiger partial charge in [0.25, 0.3) is 0 Å². The molecule has 48 heavy (non-hydrogen) atoms. The lowest BCUT2D eigenvalue weighted by atomic mass is 10.00. The standard InChI is InChI=1S/C43H27N4S/c1-3-13-27(14-4-1)41-44-42(28-15-5-2-6-16-28)46-43(45-41)29-23-25-30(26-24-29)47-35-21-11-9-19-33(35)37-38-34-20-10-12-22-36(34)48-40(38)32-18-8-7-17-31(32)39(37)47/h1-26,41H/q-1.